The van der Waals surface area contributed by atoms with Gasteiger partial charge in [0.1, 0.15) is 0 Å². The minimum Gasteiger partial charge on any atom is -0.0622 e. The van der Waals surface area contributed by atoms with Gasteiger partial charge in [0, 0.05) is 0 Å². The molecule has 0 saturated heterocycles. The second-order valence-corrected chi connectivity index (χ2v) is 7.14. The summed E-state index contributed by atoms with van der Waals surface area (Å²) < 4.78 is 0. The highest BCUT2D eigenvalue weighted by Gasteiger charge is 2.74. The van der Waals surface area contributed by atoms with Crippen LogP contribution in [0, 0.1) is 13.1 Å². The lowest BCUT2D eigenvalue weighted by molar-refractivity contribution is 0.443. The second-order valence-electron chi connectivity index (χ2n) is 7.14. The second kappa shape index (κ2) is 8.08. The first-order valence-corrected chi connectivity index (χ1v) is 9.86. The summed E-state index contributed by atoms with van der Waals surface area (Å²) in [5, 5.41) is 0. The molecule has 0 fully saturated rings. The van der Waals surface area contributed by atoms with Crippen molar-refractivity contribution in [1.29, 1.82) is 0 Å². The van der Waals surface area contributed by atoms with E-state index in [0.717, 1.165) is 22.3 Å². The van der Waals surface area contributed by atoms with E-state index in [0.29, 0.717) is 0 Å². The molecule has 4 aromatic rings. The van der Waals surface area contributed by atoms with Crippen LogP contribution in [0.1, 0.15) is 22.3 Å². The Morgan fingerprint density at radius 1 is 0.367 bits per heavy atom. The van der Waals surface area contributed by atoms with Gasteiger partial charge in [-0.15, -0.1) is 0 Å². The molecule has 142 valence electrons. The van der Waals surface area contributed by atoms with Gasteiger partial charge in [0.25, 0.3) is 13.1 Å². The molecular formula is C28H22N2+2. The van der Waals surface area contributed by atoms with E-state index in [-0.39, 0.29) is 0 Å². The minimum atomic E-state index is -1.09. The van der Waals surface area contributed by atoms with Gasteiger partial charge >= 0.3 is 11.1 Å². The molecule has 2 heteroatoms. The van der Waals surface area contributed by atoms with Crippen molar-refractivity contribution in [2.75, 3.05) is 0 Å². The Balaban J connectivity index is 2.21. The first-order valence-electron chi connectivity index (χ1n) is 9.86. The molecule has 0 heterocycles. The van der Waals surface area contributed by atoms with Crippen LogP contribution in [0.2, 0.25) is 0 Å². The maximum atomic E-state index is 6.32. The molecule has 30 heavy (non-hydrogen) atoms. The Hall–Kier alpha value is -4.14. The van der Waals surface area contributed by atoms with Crippen molar-refractivity contribution in [3.8, 4) is 13.1 Å². The number of hydrogen-bond acceptors (Lipinski definition) is 0. The third kappa shape index (κ3) is 2.79. The van der Waals surface area contributed by atoms with Crippen LogP contribution in [0.4, 0.5) is 0 Å². The predicted octanol–water partition coefficient (Wildman–Crippen LogP) is 6.80. The van der Waals surface area contributed by atoms with E-state index in [1.54, 1.807) is 0 Å². The average Bonchev–Trinajstić information content (AvgIpc) is 2.85. The summed E-state index contributed by atoms with van der Waals surface area (Å²) >= 11 is 0. The summed E-state index contributed by atoms with van der Waals surface area (Å²) in [6, 6.07) is 39.9. The van der Waals surface area contributed by atoms with Gasteiger partial charge in [0.2, 0.25) is 0 Å². The van der Waals surface area contributed by atoms with Crippen molar-refractivity contribution in [2.45, 2.75) is 11.1 Å². The van der Waals surface area contributed by atoms with E-state index in [9.17, 15) is 0 Å². The third-order valence-corrected chi connectivity index (χ3v) is 5.68. The standard InChI is InChI=1S/C28H22N2/c1-29-27(23-15-7-3-8-16-23,24-17-9-4-10-18-24)28(30-2,25-19-11-5-12-20-25)26-21-13-6-14-22-26/h1-22H/q+2. The Morgan fingerprint density at radius 3 is 0.733 bits per heavy atom. The summed E-state index contributed by atoms with van der Waals surface area (Å²) in [6.45, 7) is 12.6. The lowest BCUT2D eigenvalue weighted by Crippen LogP contribution is -2.46. The van der Waals surface area contributed by atoms with Crippen molar-refractivity contribution in [2.24, 2.45) is 0 Å². The van der Waals surface area contributed by atoms with Gasteiger partial charge in [-0.25, -0.2) is 0 Å². The molecule has 0 aliphatic rings. The van der Waals surface area contributed by atoms with Gasteiger partial charge in [-0.3, -0.25) is 0 Å². The number of nitrogens with zero attached hydrogens (tertiary/aromatic N) is 2. The van der Waals surface area contributed by atoms with Crippen LogP contribution in [-0.2, 0) is 11.1 Å². The fourth-order valence-electron chi connectivity index (χ4n) is 4.37. The van der Waals surface area contributed by atoms with Gasteiger partial charge in [-0.05, 0) is 0 Å². The molecule has 0 aliphatic carbocycles. The van der Waals surface area contributed by atoms with Gasteiger partial charge in [-0.2, -0.15) is 0 Å². The Labute approximate surface area is 177 Å². The van der Waals surface area contributed by atoms with Crippen LogP contribution >= 0.6 is 0 Å². The van der Waals surface area contributed by atoms with E-state index < -0.39 is 11.1 Å². The molecule has 0 amide bonds. The zero-order valence-electron chi connectivity index (χ0n) is 16.6. The zero-order valence-corrected chi connectivity index (χ0v) is 16.6. The number of rotatable bonds is 5. The molecule has 0 aromatic heterocycles. The highest BCUT2D eigenvalue weighted by molar-refractivity contribution is 5.59. The average molecular weight is 386 g/mol. The first kappa shape index (κ1) is 19.2. The van der Waals surface area contributed by atoms with Crippen LogP contribution in [-0.4, -0.2) is 0 Å². The molecule has 0 spiro atoms. The van der Waals surface area contributed by atoms with Crippen LogP contribution < -0.4 is 0 Å². The van der Waals surface area contributed by atoms with Gasteiger partial charge in [-0.1, -0.05) is 131 Å². The van der Waals surface area contributed by atoms with Crippen LogP contribution in [0.25, 0.3) is 9.69 Å². The highest BCUT2D eigenvalue weighted by atomic mass is 15.0. The predicted molar refractivity (Wildman–Crippen MR) is 124 cm³/mol. The summed E-state index contributed by atoms with van der Waals surface area (Å²) in [5.41, 5.74) is 1.43. The summed E-state index contributed by atoms with van der Waals surface area (Å²) in [6.07, 6.45) is 0. The minimum absolute atomic E-state index is 0.903. The van der Waals surface area contributed by atoms with Gasteiger partial charge < -0.3 is 0 Å². The maximum Gasteiger partial charge on any atom is 0.419 e. The molecular weight excluding hydrogens is 364 g/mol. The van der Waals surface area contributed by atoms with Crippen molar-refractivity contribution < 1.29 is 0 Å². The quantitative estimate of drug-likeness (QED) is 0.357. The van der Waals surface area contributed by atoms with Crippen LogP contribution in [0.3, 0.4) is 0 Å². The topological polar surface area (TPSA) is 8.72 Å². The zero-order chi connectivity index (χ0) is 20.9. The molecule has 0 N–H and O–H groups in total. The van der Waals surface area contributed by atoms with Crippen LogP contribution in [0.5, 0.6) is 0 Å². The highest BCUT2D eigenvalue weighted by Crippen LogP contribution is 2.55. The Morgan fingerprint density at radius 2 is 0.567 bits per heavy atom. The molecule has 0 unspecified atom stereocenters. The molecule has 0 atom stereocenters. The lowest BCUT2D eigenvalue weighted by atomic mass is 9.62. The molecule has 0 bridgehead atoms. The van der Waals surface area contributed by atoms with E-state index in [4.69, 9.17) is 13.1 Å². The normalized spacial score (nSPS) is 11.3. The molecule has 0 aliphatic heterocycles. The van der Waals surface area contributed by atoms with E-state index >= 15 is 0 Å². The fraction of sp³-hybridized carbons (Fsp3) is 0.0714. The number of hydrogen-bond donors (Lipinski definition) is 0. The smallest absolute Gasteiger partial charge is 0.0622 e. The molecule has 4 rings (SSSR count). The van der Waals surface area contributed by atoms with Crippen molar-refractivity contribution in [3.05, 3.63) is 153 Å². The third-order valence-electron chi connectivity index (χ3n) is 5.68. The Kier molecular flexibility index (Phi) is 5.17. The van der Waals surface area contributed by atoms with E-state index in [1.165, 1.54) is 0 Å². The van der Waals surface area contributed by atoms with Crippen LogP contribution in [0.15, 0.2) is 121 Å². The molecule has 2 nitrogen and oxygen atoms in total. The Bertz CT molecular complexity index is 1010. The largest absolute Gasteiger partial charge is 0.419 e. The van der Waals surface area contributed by atoms with Gasteiger partial charge in [0.05, 0.1) is 22.3 Å². The van der Waals surface area contributed by atoms with Crippen molar-refractivity contribution in [1.82, 2.24) is 0 Å². The van der Waals surface area contributed by atoms with Crippen molar-refractivity contribution in [3.63, 3.8) is 0 Å². The summed E-state index contributed by atoms with van der Waals surface area (Å²) in [4.78, 5) is 9.16. The summed E-state index contributed by atoms with van der Waals surface area (Å²) in [7, 11) is 0. The first-order chi connectivity index (χ1) is 14.8. The fourth-order valence-corrected chi connectivity index (χ4v) is 4.37. The number of benzene rings is 4. The lowest BCUT2D eigenvalue weighted by Gasteiger charge is -2.29. The summed E-state index contributed by atoms with van der Waals surface area (Å²) in [5.74, 6) is 0. The maximum absolute atomic E-state index is 6.32. The van der Waals surface area contributed by atoms with E-state index in [2.05, 4.69) is 9.69 Å². The molecule has 4 aromatic carbocycles. The van der Waals surface area contributed by atoms with Gasteiger partial charge in [0.15, 0.2) is 0 Å². The van der Waals surface area contributed by atoms with Crippen molar-refractivity contribution >= 4 is 0 Å². The molecule has 0 radical (unpaired) electrons. The monoisotopic (exact) mass is 386 g/mol. The molecule has 0 saturated carbocycles. The van der Waals surface area contributed by atoms with E-state index in [1.807, 2.05) is 121 Å². The SMILES string of the molecule is C#[N+]C(c1ccccc1)(c1ccccc1)C([N+]#C)(c1ccccc1)c1ccccc1.